The van der Waals surface area contributed by atoms with Crippen LogP contribution in [0.5, 0.6) is 0 Å². The number of rotatable bonds is 8. The molecule has 2 heteroatoms. The van der Waals surface area contributed by atoms with E-state index in [1.807, 2.05) is 0 Å². The van der Waals surface area contributed by atoms with Crippen molar-refractivity contribution in [2.24, 2.45) is 0 Å². The van der Waals surface area contributed by atoms with Crippen LogP contribution in [-0.4, -0.2) is 4.57 Å². The second-order valence-corrected chi connectivity index (χ2v) is 16.4. The third kappa shape index (κ3) is 6.27. The van der Waals surface area contributed by atoms with Gasteiger partial charge in [0.05, 0.1) is 22.4 Å². The molecule has 64 heavy (non-hydrogen) atoms. The van der Waals surface area contributed by atoms with Gasteiger partial charge in [-0.25, -0.2) is 0 Å². The van der Waals surface area contributed by atoms with Gasteiger partial charge in [-0.05, 0) is 92.0 Å². The number of para-hydroxylation sites is 3. The number of nitrogens with zero attached hydrogens (tertiary/aromatic N) is 2. The highest BCUT2D eigenvalue weighted by Crippen LogP contribution is 2.51. The first-order valence-electron chi connectivity index (χ1n) is 22.0. The van der Waals surface area contributed by atoms with Crippen molar-refractivity contribution in [1.82, 2.24) is 4.57 Å². The Morgan fingerprint density at radius 3 is 1.61 bits per heavy atom. The summed E-state index contributed by atoms with van der Waals surface area (Å²) in [5.74, 6) is 0. The van der Waals surface area contributed by atoms with Crippen LogP contribution in [0.4, 0.5) is 17.1 Å². The molecule has 0 unspecified atom stereocenters. The molecule has 1 heterocycles. The third-order valence-corrected chi connectivity index (χ3v) is 12.8. The van der Waals surface area contributed by atoms with E-state index >= 15 is 0 Å². The van der Waals surface area contributed by atoms with E-state index in [0.717, 1.165) is 28.3 Å². The molecule has 0 radical (unpaired) electrons. The van der Waals surface area contributed by atoms with Crippen molar-refractivity contribution in [1.29, 1.82) is 0 Å². The molecule has 12 rings (SSSR count). The molecule has 2 nitrogen and oxygen atoms in total. The smallest absolute Gasteiger partial charge is 0.0619 e. The second kappa shape index (κ2) is 15.8. The first-order chi connectivity index (χ1) is 31.8. The summed E-state index contributed by atoms with van der Waals surface area (Å²) in [6, 6.07) is 92.9. The number of hydrogen-bond donors (Lipinski definition) is 0. The standard InChI is InChI=1S/C62H42N2/c1-4-21-43(22-5-1)49-30-12-15-35-56(49)61-51(44-23-6-2-7-24-44)36-20-40-59(61)63(60-42-46-25-10-11-31-50(46)53-32-13-14-33-54(53)60)48-29-18-26-45(41-48)52-37-19-38-57-55-34-16-17-39-58(55)64(62(52)57)47-27-8-3-9-28-47/h1-42H. The zero-order chi connectivity index (χ0) is 42.4. The average Bonchev–Trinajstić information content (AvgIpc) is 3.72. The molecule has 11 aromatic carbocycles. The molecule has 12 aromatic rings. The Kier molecular flexibility index (Phi) is 9.20. The van der Waals surface area contributed by atoms with Gasteiger partial charge in [-0.15, -0.1) is 0 Å². The second-order valence-electron chi connectivity index (χ2n) is 16.4. The Morgan fingerprint density at radius 1 is 0.297 bits per heavy atom. The summed E-state index contributed by atoms with van der Waals surface area (Å²) >= 11 is 0. The molecule has 0 aliphatic carbocycles. The lowest BCUT2D eigenvalue weighted by Crippen LogP contribution is -2.13. The van der Waals surface area contributed by atoms with Crippen LogP contribution in [0.2, 0.25) is 0 Å². The molecular weight excluding hydrogens is 773 g/mol. The van der Waals surface area contributed by atoms with E-state index in [2.05, 4.69) is 264 Å². The highest BCUT2D eigenvalue weighted by atomic mass is 15.1. The summed E-state index contributed by atoms with van der Waals surface area (Å²) in [5, 5.41) is 7.31. The van der Waals surface area contributed by atoms with Crippen molar-refractivity contribution < 1.29 is 0 Å². The Labute approximate surface area is 373 Å². The molecule has 0 bridgehead atoms. The van der Waals surface area contributed by atoms with Gasteiger partial charge in [-0.3, -0.25) is 0 Å². The van der Waals surface area contributed by atoms with Gasteiger partial charge in [0.1, 0.15) is 0 Å². The van der Waals surface area contributed by atoms with Crippen molar-refractivity contribution in [3.63, 3.8) is 0 Å². The quantitative estimate of drug-likeness (QED) is 0.139. The summed E-state index contributed by atoms with van der Waals surface area (Å²) in [6.45, 7) is 0. The monoisotopic (exact) mass is 814 g/mol. The molecule has 0 saturated heterocycles. The molecule has 0 fully saturated rings. The van der Waals surface area contributed by atoms with Crippen molar-refractivity contribution in [3.8, 4) is 50.2 Å². The molecule has 0 spiro atoms. The van der Waals surface area contributed by atoms with Gasteiger partial charge in [0.15, 0.2) is 0 Å². The molecule has 0 amide bonds. The fraction of sp³-hybridized carbons (Fsp3) is 0. The minimum absolute atomic E-state index is 1.07. The molecule has 300 valence electrons. The van der Waals surface area contributed by atoms with Gasteiger partial charge in [-0.2, -0.15) is 0 Å². The largest absolute Gasteiger partial charge is 0.309 e. The van der Waals surface area contributed by atoms with Gasteiger partial charge in [0.25, 0.3) is 0 Å². The normalized spacial score (nSPS) is 11.4. The lowest BCUT2D eigenvalue weighted by atomic mass is 9.87. The predicted molar refractivity (Wildman–Crippen MR) is 272 cm³/mol. The highest BCUT2D eigenvalue weighted by molar-refractivity contribution is 6.17. The molecule has 0 N–H and O–H groups in total. The molecule has 0 aliphatic rings. The summed E-state index contributed by atoms with van der Waals surface area (Å²) < 4.78 is 2.43. The summed E-state index contributed by atoms with van der Waals surface area (Å²) in [5.41, 5.74) is 16.2. The van der Waals surface area contributed by atoms with Crippen molar-refractivity contribution in [2.45, 2.75) is 0 Å². The van der Waals surface area contributed by atoms with Gasteiger partial charge >= 0.3 is 0 Å². The van der Waals surface area contributed by atoms with Crippen LogP contribution in [-0.2, 0) is 0 Å². The van der Waals surface area contributed by atoms with E-state index in [9.17, 15) is 0 Å². The maximum atomic E-state index is 2.52. The van der Waals surface area contributed by atoms with Gasteiger partial charge < -0.3 is 9.47 Å². The Bertz CT molecular complexity index is 3660. The van der Waals surface area contributed by atoms with E-state index < -0.39 is 0 Å². The minimum atomic E-state index is 1.07. The predicted octanol–water partition coefficient (Wildman–Crippen LogP) is 17.2. The van der Waals surface area contributed by atoms with Crippen molar-refractivity contribution in [3.05, 3.63) is 255 Å². The highest BCUT2D eigenvalue weighted by Gasteiger charge is 2.25. The molecular formula is C62H42N2. The lowest BCUT2D eigenvalue weighted by Gasteiger charge is -2.31. The molecule has 0 saturated carbocycles. The van der Waals surface area contributed by atoms with E-state index in [0.29, 0.717) is 0 Å². The van der Waals surface area contributed by atoms with Crippen LogP contribution >= 0.6 is 0 Å². The van der Waals surface area contributed by atoms with Gasteiger partial charge in [0.2, 0.25) is 0 Å². The first-order valence-corrected chi connectivity index (χ1v) is 22.0. The average molecular weight is 815 g/mol. The number of fused-ring (bicyclic) bond motifs is 6. The van der Waals surface area contributed by atoms with Crippen LogP contribution in [0.3, 0.4) is 0 Å². The lowest BCUT2D eigenvalue weighted by molar-refractivity contribution is 1.18. The topological polar surface area (TPSA) is 8.17 Å². The first kappa shape index (κ1) is 37.3. The minimum Gasteiger partial charge on any atom is -0.309 e. The fourth-order valence-corrected chi connectivity index (χ4v) is 9.98. The fourth-order valence-electron chi connectivity index (χ4n) is 9.98. The summed E-state index contributed by atoms with van der Waals surface area (Å²) in [7, 11) is 0. The van der Waals surface area contributed by atoms with Crippen LogP contribution in [0.25, 0.3) is 93.5 Å². The number of benzene rings is 11. The Balaban J connectivity index is 1.18. The zero-order valence-corrected chi connectivity index (χ0v) is 35.1. The third-order valence-electron chi connectivity index (χ3n) is 12.8. The van der Waals surface area contributed by atoms with Gasteiger partial charge in [-0.1, -0.05) is 212 Å². The SMILES string of the molecule is c1ccc(-c2ccccc2-c2c(-c3ccccc3)cccc2N(c2cccc(-c3cccc4c5ccccc5n(-c5ccccc5)c34)c2)c2cc3ccccc3c3ccccc23)cc1. The number of hydrogen-bond acceptors (Lipinski definition) is 1. The van der Waals surface area contributed by atoms with Crippen molar-refractivity contribution >= 4 is 60.4 Å². The Hall–Kier alpha value is -8.46. The van der Waals surface area contributed by atoms with Gasteiger partial charge in [0, 0.05) is 38.7 Å². The zero-order valence-electron chi connectivity index (χ0n) is 35.1. The van der Waals surface area contributed by atoms with E-state index in [1.165, 1.54) is 82.3 Å². The summed E-state index contributed by atoms with van der Waals surface area (Å²) in [4.78, 5) is 2.52. The Morgan fingerprint density at radius 2 is 0.828 bits per heavy atom. The van der Waals surface area contributed by atoms with Crippen LogP contribution in [0, 0.1) is 0 Å². The molecule has 1 aromatic heterocycles. The van der Waals surface area contributed by atoms with Crippen LogP contribution in [0.15, 0.2) is 255 Å². The van der Waals surface area contributed by atoms with Crippen LogP contribution < -0.4 is 4.90 Å². The molecule has 0 aliphatic heterocycles. The maximum Gasteiger partial charge on any atom is 0.0619 e. The summed E-state index contributed by atoms with van der Waals surface area (Å²) in [6.07, 6.45) is 0. The molecule has 0 atom stereocenters. The maximum absolute atomic E-state index is 2.52. The van der Waals surface area contributed by atoms with E-state index in [-0.39, 0.29) is 0 Å². The number of aromatic nitrogens is 1. The number of anilines is 3. The van der Waals surface area contributed by atoms with Crippen molar-refractivity contribution in [2.75, 3.05) is 4.90 Å². The van der Waals surface area contributed by atoms with E-state index in [4.69, 9.17) is 0 Å². The van der Waals surface area contributed by atoms with E-state index in [1.54, 1.807) is 0 Å². The van der Waals surface area contributed by atoms with Crippen LogP contribution in [0.1, 0.15) is 0 Å².